The highest BCUT2D eigenvalue weighted by atomic mass is 79.9. The van der Waals surface area contributed by atoms with Gasteiger partial charge in [-0.3, -0.25) is 4.79 Å². The Morgan fingerprint density at radius 2 is 2.21 bits per heavy atom. The fraction of sp³-hybridized carbons (Fsp3) is 0.286. The molecule has 1 aromatic carbocycles. The highest BCUT2D eigenvalue weighted by Crippen LogP contribution is 2.32. The van der Waals surface area contributed by atoms with E-state index in [0.29, 0.717) is 17.3 Å². The van der Waals surface area contributed by atoms with Gasteiger partial charge in [-0.1, -0.05) is 28.1 Å². The van der Waals surface area contributed by atoms with Crippen molar-refractivity contribution < 1.29 is 5.11 Å². The van der Waals surface area contributed by atoms with Gasteiger partial charge in [0.05, 0.1) is 0 Å². The summed E-state index contributed by atoms with van der Waals surface area (Å²) in [6.45, 7) is 0. The molecule has 1 fully saturated rings. The molecule has 0 radical (unpaired) electrons. The summed E-state index contributed by atoms with van der Waals surface area (Å²) < 4.78 is 0.853. The van der Waals surface area contributed by atoms with Gasteiger partial charge in [0.1, 0.15) is 11.4 Å². The first-order valence-electron chi connectivity index (χ1n) is 6.21. The lowest BCUT2D eigenvalue weighted by molar-refractivity contribution is 0.449. The van der Waals surface area contributed by atoms with Crippen molar-refractivity contribution in [1.82, 2.24) is 9.97 Å². The van der Waals surface area contributed by atoms with Crippen LogP contribution in [0.2, 0.25) is 0 Å². The second-order valence-corrected chi connectivity index (χ2v) is 5.78. The average molecular weight is 321 g/mol. The van der Waals surface area contributed by atoms with Crippen LogP contribution in [-0.2, 0) is 6.42 Å². The van der Waals surface area contributed by atoms with Crippen molar-refractivity contribution in [2.45, 2.75) is 19.3 Å². The number of hydrogen-bond acceptors (Lipinski definition) is 3. The van der Waals surface area contributed by atoms with Crippen molar-refractivity contribution in [2.24, 2.45) is 5.92 Å². The molecule has 0 amide bonds. The van der Waals surface area contributed by atoms with E-state index in [1.165, 1.54) is 12.8 Å². The molecule has 1 aliphatic carbocycles. The van der Waals surface area contributed by atoms with Gasteiger partial charge in [0.25, 0.3) is 5.56 Å². The first-order valence-corrected chi connectivity index (χ1v) is 7.01. The van der Waals surface area contributed by atoms with E-state index in [0.717, 1.165) is 10.9 Å². The molecule has 0 saturated heterocycles. The number of nitrogens with one attached hydrogen (secondary N) is 1. The second kappa shape index (κ2) is 4.81. The molecule has 1 saturated carbocycles. The van der Waals surface area contributed by atoms with Crippen LogP contribution in [0.1, 0.15) is 18.7 Å². The molecule has 2 N–H and O–H groups in total. The summed E-state index contributed by atoms with van der Waals surface area (Å²) in [4.78, 5) is 19.0. The first-order chi connectivity index (χ1) is 9.13. The maximum Gasteiger partial charge on any atom is 0.262 e. The molecule has 1 heterocycles. The number of nitrogens with zero attached hydrogens (tertiary/aromatic N) is 1. The zero-order valence-electron chi connectivity index (χ0n) is 10.2. The predicted octanol–water partition coefficient (Wildman–Crippen LogP) is 2.86. The Hall–Kier alpha value is -1.62. The monoisotopic (exact) mass is 320 g/mol. The Morgan fingerprint density at radius 1 is 1.42 bits per heavy atom. The Morgan fingerprint density at radius 3 is 2.84 bits per heavy atom. The number of H-pyrrole nitrogens is 1. The number of aromatic hydroxyl groups is 1. The number of aromatic nitrogens is 2. The molecule has 19 heavy (non-hydrogen) atoms. The van der Waals surface area contributed by atoms with E-state index in [1.54, 1.807) is 12.1 Å². The highest BCUT2D eigenvalue weighted by molar-refractivity contribution is 9.10. The van der Waals surface area contributed by atoms with Gasteiger partial charge in [-0.05, 0) is 36.5 Å². The van der Waals surface area contributed by atoms with Gasteiger partial charge in [-0.25, -0.2) is 0 Å². The molecule has 98 valence electrons. The minimum atomic E-state index is -0.291. The molecule has 0 bridgehead atoms. The zero-order valence-corrected chi connectivity index (χ0v) is 11.8. The maximum absolute atomic E-state index is 12.1. The van der Waals surface area contributed by atoms with Crippen molar-refractivity contribution in [3.63, 3.8) is 0 Å². The van der Waals surface area contributed by atoms with E-state index >= 15 is 0 Å². The first kappa shape index (κ1) is 12.4. The van der Waals surface area contributed by atoms with Crippen molar-refractivity contribution >= 4 is 15.9 Å². The van der Waals surface area contributed by atoms with Crippen LogP contribution in [0.3, 0.4) is 0 Å². The molecule has 0 unspecified atom stereocenters. The van der Waals surface area contributed by atoms with E-state index < -0.39 is 0 Å². The molecule has 1 aliphatic rings. The van der Waals surface area contributed by atoms with Crippen molar-refractivity contribution in [2.75, 3.05) is 0 Å². The van der Waals surface area contributed by atoms with Crippen LogP contribution >= 0.6 is 15.9 Å². The fourth-order valence-electron chi connectivity index (χ4n) is 2.10. The third kappa shape index (κ3) is 2.71. The van der Waals surface area contributed by atoms with Gasteiger partial charge in [-0.15, -0.1) is 0 Å². The molecule has 0 atom stereocenters. The quantitative estimate of drug-likeness (QED) is 0.913. The van der Waals surface area contributed by atoms with Crippen molar-refractivity contribution in [1.29, 1.82) is 0 Å². The van der Waals surface area contributed by atoms with E-state index in [2.05, 4.69) is 25.9 Å². The standard InChI is InChI=1S/C14H13BrN2O2/c15-10-3-1-2-9(7-10)12-13(18)16-11(17-14(12)19)6-8-4-5-8/h1-3,7-8H,4-6H2,(H2,16,17,18,19). The summed E-state index contributed by atoms with van der Waals surface area (Å²) in [6, 6.07) is 7.24. The summed E-state index contributed by atoms with van der Waals surface area (Å²) in [5.74, 6) is 0.987. The summed E-state index contributed by atoms with van der Waals surface area (Å²) in [5, 5.41) is 10.0. The molecular formula is C14H13BrN2O2. The van der Waals surface area contributed by atoms with Gasteiger partial charge in [0.2, 0.25) is 5.88 Å². The molecule has 5 heteroatoms. The number of halogens is 1. The number of aromatic amines is 1. The summed E-state index contributed by atoms with van der Waals surface area (Å²) in [7, 11) is 0. The van der Waals surface area contributed by atoms with Gasteiger partial charge in [0, 0.05) is 10.9 Å². The Bertz CT molecular complexity index is 677. The summed E-state index contributed by atoms with van der Waals surface area (Å²) in [5.41, 5.74) is 0.584. The lowest BCUT2D eigenvalue weighted by Gasteiger charge is -2.06. The number of benzene rings is 1. The van der Waals surface area contributed by atoms with Crippen LogP contribution in [0.25, 0.3) is 11.1 Å². The largest absolute Gasteiger partial charge is 0.493 e. The predicted molar refractivity (Wildman–Crippen MR) is 76.1 cm³/mol. The van der Waals surface area contributed by atoms with Crippen LogP contribution in [-0.4, -0.2) is 15.1 Å². The third-order valence-electron chi connectivity index (χ3n) is 3.24. The summed E-state index contributed by atoms with van der Waals surface area (Å²) >= 11 is 3.35. The lowest BCUT2D eigenvalue weighted by atomic mass is 10.1. The van der Waals surface area contributed by atoms with Gasteiger partial charge >= 0.3 is 0 Å². The zero-order chi connectivity index (χ0) is 13.4. The lowest BCUT2D eigenvalue weighted by Crippen LogP contribution is -2.14. The van der Waals surface area contributed by atoms with Crippen LogP contribution in [0.4, 0.5) is 0 Å². The van der Waals surface area contributed by atoms with Crippen molar-refractivity contribution in [3.8, 4) is 17.0 Å². The van der Waals surface area contributed by atoms with E-state index in [1.807, 2.05) is 12.1 Å². The third-order valence-corrected chi connectivity index (χ3v) is 3.73. The molecule has 2 aromatic rings. The SMILES string of the molecule is O=c1[nH]c(CC2CC2)nc(O)c1-c1cccc(Br)c1. The van der Waals surface area contributed by atoms with Gasteiger partial charge in [-0.2, -0.15) is 4.98 Å². The van der Waals surface area contributed by atoms with E-state index in [4.69, 9.17) is 0 Å². The van der Waals surface area contributed by atoms with E-state index in [9.17, 15) is 9.90 Å². The van der Waals surface area contributed by atoms with Gasteiger partial charge < -0.3 is 10.1 Å². The van der Waals surface area contributed by atoms with Crippen LogP contribution in [0, 0.1) is 5.92 Å². The maximum atomic E-state index is 12.1. The minimum absolute atomic E-state index is 0.197. The average Bonchev–Trinajstić information content (AvgIpc) is 3.12. The smallest absolute Gasteiger partial charge is 0.262 e. The molecule has 4 nitrogen and oxygen atoms in total. The molecule has 0 spiro atoms. The molecule has 0 aliphatic heterocycles. The second-order valence-electron chi connectivity index (χ2n) is 4.87. The summed E-state index contributed by atoms with van der Waals surface area (Å²) in [6.07, 6.45) is 3.09. The van der Waals surface area contributed by atoms with E-state index in [-0.39, 0.29) is 17.0 Å². The number of rotatable bonds is 3. The van der Waals surface area contributed by atoms with Crippen LogP contribution in [0.5, 0.6) is 5.88 Å². The minimum Gasteiger partial charge on any atom is -0.493 e. The Labute approximate surface area is 118 Å². The fourth-order valence-corrected chi connectivity index (χ4v) is 2.50. The normalized spacial score (nSPS) is 14.6. The van der Waals surface area contributed by atoms with Gasteiger partial charge in [0.15, 0.2) is 0 Å². The molecular weight excluding hydrogens is 308 g/mol. The molecule has 3 rings (SSSR count). The Balaban J connectivity index is 2.04. The molecule has 1 aromatic heterocycles. The van der Waals surface area contributed by atoms with Crippen molar-refractivity contribution in [3.05, 3.63) is 44.9 Å². The topological polar surface area (TPSA) is 66.0 Å². The Kier molecular flexibility index (Phi) is 3.14. The van der Waals surface area contributed by atoms with Crippen LogP contribution < -0.4 is 5.56 Å². The highest BCUT2D eigenvalue weighted by Gasteiger charge is 2.23. The number of hydrogen-bond donors (Lipinski definition) is 2. The van der Waals surface area contributed by atoms with Crippen LogP contribution in [0.15, 0.2) is 33.5 Å².